The van der Waals surface area contributed by atoms with Gasteiger partial charge in [0, 0.05) is 6.61 Å². The smallest absolute Gasteiger partial charge is 0.264 e. The first-order valence-electron chi connectivity index (χ1n) is 9.68. The summed E-state index contributed by atoms with van der Waals surface area (Å²) in [6, 6.07) is 0. The van der Waals surface area contributed by atoms with E-state index in [4.69, 9.17) is 18.8 Å². The van der Waals surface area contributed by atoms with Crippen LogP contribution in [0.25, 0.3) is 0 Å². The first-order chi connectivity index (χ1) is 12.0. The normalized spacial score (nSPS) is 13.2. The van der Waals surface area contributed by atoms with Crippen molar-refractivity contribution in [2.75, 3.05) is 38.8 Å². The highest BCUT2D eigenvalue weighted by Crippen LogP contribution is 2.10. The van der Waals surface area contributed by atoms with Gasteiger partial charge in [0.25, 0.3) is 10.1 Å². The van der Waals surface area contributed by atoms with E-state index in [1.165, 1.54) is 38.5 Å². The molecule has 0 aromatic rings. The molecular formula is C18H38O6S. The second kappa shape index (κ2) is 17.2. The maximum Gasteiger partial charge on any atom is 0.264 e. The van der Waals surface area contributed by atoms with Crippen LogP contribution in [-0.4, -0.2) is 57.9 Å². The van der Waals surface area contributed by atoms with Crippen molar-refractivity contribution >= 4 is 10.1 Å². The predicted molar refractivity (Wildman–Crippen MR) is 101 cm³/mol. The molecule has 7 heteroatoms. The summed E-state index contributed by atoms with van der Waals surface area (Å²) in [4.78, 5) is 0. The Labute approximate surface area is 154 Å². The van der Waals surface area contributed by atoms with Gasteiger partial charge in [0.15, 0.2) is 0 Å². The highest BCUT2D eigenvalue weighted by molar-refractivity contribution is 7.85. The molecule has 0 aliphatic heterocycles. The summed E-state index contributed by atoms with van der Waals surface area (Å²) >= 11 is 0. The summed E-state index contributed by atoms with van der Waals surface area (Å²) in [6.07, 6.45) is 10.3. The SMILES string of the molecule is CCCCCCCCC(C)OCCOCCOCCCCS(=O)(=O)O. The van der Waals surface area contributed by atoms with Gasteiger partial charge < -0.3 is 14.2 Å². The van der Waals surface area contributed by atoms with Crippen LogP contribution < -0.4 is 0 Å². The molecule has 0 rings (SSSR count). The van der Waals surface area contributed by atoms with Crippen LogP contribution in [0.4, 0.5) is 0 Å². The monoisotopic (exact) mass is 382 g/mol. The van der Waals surface area contributed by atoms with E-state index in [0.29, 0.717) is 45.9 Å². The molecule has 6 nitrogen and oxygen atoms in total. The molecule has 1 unspecified atom stereocenters. The van der Waals surface area contributed by atoms with E-state index in [1.807, 2.05) is 0 Å². The van der Waals surface area contributed by atoms with Crippen LogP contribution in [0, 0.1) is 0 Å². The maximum atomic E-state index is 10.5. The minimum Gasteiger partial charge on any atom is -0.379 e. The molecule has 0 radical (unpaired) electrons. The third-order valence-electron chi connectivity index (χ3n) is 3.91. The van der Waals surface area contributed by atoms with Crippen molar-refractivity contribution in [3.8, 4) is 0 Å². The Bertz CT molecular complexity index is 372. The van der Waals surface area contributed by atoms with Crippen LogP contribution in [0.2, 0.25) is 0 Å². The predicted octanol–water partition coefficient (Wildman–Crippen LogP) is 3.84. The molecule has 0 aliphatic rings. The highest BCUT2D eigenvalue weighted by atomic mass is 32.2. The number of unbranched alkanes of at least 4 members (excludes halogenated alkanes) is 6. The molecule has 0 heterocycles. The van der Waals surface area contributed by atoms with Crippen molar-refractivity contribution in [2.45, 2.75) is 77.7 Å². The van der Waals surface area contributed by atoms with E-state index in [2.05, 4.69) is 13.8 Å². The van der Waals surface area contributed by atoms with E-state index < -0.39 is 10.1 Å². The van der Waals surface area contributed by atoms with Crippen LogP contribution in [0.1, 0.15) is 71.6 Å². The zero-order valence-corrected chi connectivity index (χ0v) is 16.9. The number of hydrogen-bond donors (Lipinski definition) is 1. The average Bonchev–Trinajstić information content (AvgIpc) is 2.54. The zero-order valence-electron chi connectivity index (χ0n) is 16.1. The van der Waals surface area contributed by atoms with Crippen molar-refractivity contribution in [2.24, 2.45) is 0 Å². The summed E-state index contributed by atoms with van der Waals surface area (Å²) < 4.78 is 46.1. The minimum atomic E-state index is -3.84. The molecule has 0 aromatic carbocycles. The molecule has 0 aliphatic carbocycles. The molecule has 0 saturated carbocycles. The van der Waals surface area contributed by atoms with Gasteiger partial charge in [0.1, 0.15) is 0 Å². The Balaban J connectivity index is 3.19. The molecule has 0 bridgehead atoms. The third kappa shape index (κ3) is 21.7. The van der Waals surface area contributed by atoms with Crippen LogP contribution >= 0.6 is 0 Å². The lowest BCUT2D eigenvalue weighted by molar-refractivity contribution is -0.00891. The molecule has 0 amide bonds. The minimum absolute atomic E-state index is 0.207. The quantitative estimate of drug-likeness (QED) is 0.270. The van der Waals surface area contributed by atoms with Crippen LogP contribution in [-0.2, 0) is 24.3 Å². The molecule has 0 aromatic heterocycles. The topological polar surface area (TPSA) is 82.1 Å². The van der Waals surface area contributed by atoms with E-state index in [0.717, 1.165) is 6.42 Å². The van der Waals surface area contributed by atoms with Crippen molar-refractivity contribution in [1.82, 2.24) is 0 Å². The fourth-order valence-electron chi connectivity index (χ4n) is 2.41. The van der Waals surface area contributed by atoms with Gasteiger partial charge in [-0.1, -0.05) is 45.4 Å². The zero-order chi connectivity index (χ0) is 18.8. The fourth-order valence-corrected chi connectivity index (χ4v) is 2.98. The van der Waals surface area contributed by atoms with Gasteiger partial charge in [-0.25, -0.2) is 0 Å². The van der Waals surface area contributed by atoms with Crippen LogP contribution in [0.15, 0.2) is 0 Å². The Morgan fingerprint density at radius 2 is 1.40 bits per heavy atom. The summed E-state index contributed by atoms with van der Waals surface area (Å²) in [5, 5.41) is 0. The molecular weight excluding hydrogens is 344 g/mol. The van der Waals surface area contributed by atoms with Crippen LogP contribution in [0.3, 0.4) is 0 Å². The lowest BCUT2D eigenvalue weighted by atomic mass is 10.1. The van der Waals surface area contributed by atoms with Gasteiger partial charge in [0.05, 0.1) is 38.3 Å². The van der Waals surface area contributed by atoms with E-state index >= 15 is 0 Å². The number of ether oxygens (including phenoxy) is 3. The molecule has 25 heavy (non-hydrogen) atoms. The molecule has 0 fully saturated rings. The molecule has 1 atom stereocenters. The average molecular weight is 383 g/mol. The Kier molecular flexibility index (Phi) is 17.1. The van der Waals surface area contributed by atoms with Crippen molar-refractivity contribution < 1.29 is 27.2 Å². The first-order valence-corrected chi connectivity index (χ1v) is 11.3. The van der Waals surface area contributed by atoms with Crippen molar-refractivity contribution in [3.63, 3.8) is 0 Å². The lowest BCUT2D eigenvalue weighted by Gasteiger charge is -2.13. The largest absolute Gasteiger partial charge is 0.379 e. The van der Waals surface area contributed by atoms with E-state index in [-0.39, 0.29) is 11.9 Å². The standard InChI is InChI=1S/C18H38O6S/c1-3-4-5-6-7-8-11-18(2)24-16-15-23-14-13-22-12-9-10-17-25(19,20)21/h18H,3-17H2,1-2H3,(H,19,20,21). The van der Waals surface area contributed by atoms with Crippen LogP contribution in [0.5, 0.6) is 0 Å². The second-order valence-corrected chi connectivity index (χ2v) is 8.03. The molecule has 0 spiro atoms. The molecule has 0 saturated heterocycles. The van der Waals surface area contributed by atoms with Gasteiger partial charge in [-0.05, 0) is 26.2 Å². The fraction of sp³-hybridized carbons (Fsp3) is 1.00. The second-order valence-electron chi connectivity index (χ2n) is 6.46. The first kappa shape index (κ1) is 24.8. The van der Waals surface area contributed by atoms with Gasteiger partial charge in [0.2, 0.25) is 0 Å². The Morgan fingerprint density at radius 1 is 0.800 bits per heavy atom. The molecule has 1 N–H and O–H groups in total. The maximum absolute atomic E-state index is 10.5. The summed E-state index contributed by atoms with van der Waals surface area (Å²) in [6.45, 7) is 6.98. The van der Waals surface area contributed by atoms with Gasteiger partial charge >= 0.3 is 0 Å². The van der Waals surface area contributed by atoms with E-state index in [9.17, 15) is 8.42 Å². The Hall–Kier alpha value is -0.210. The number of rotatable bonds is 19. The van der Waals surface area contributed by atoms with Crippen molar-refractivity contribution in [1.29, 1.82) is 0 Å². The lowest BCUT2D eigenvalue weighted by Crippen LogP contribution is -2.14. The summed E-state index contributed by atoms with van der Waals surface area (Å²) in [7, 11) is -3.84. The highest BCUT2D eigenvalue weighted by Gasteiger charge is 2.03. The summed E-state index contributed by atoms with van der Waals surface area (Å²) in [5.74, 6) is -0.207. The Morgan fingerprint density at radius 3 is 2.08 bits per heavy atom. The van der Waals surface area contributed by atoms with Gasteiger partial charge in [-0.2, -0.15) is 8.42 Å². The van der Waals surface area contributed by atoms with Gasteiger partial charge in [-0.15, -0.1) is 0 Å². The van der Waals surface area contributed by atoms with E-state index in [1.54, 1.807) is 0 Å². The molecule has 152 valence electrons. The number of hydrogen-bond acceptors (Lipinski definition) is 5. The summed E-state index contributed by atoms with van der Waals surface area (Å²) in [5.41, 5.74) is 0. The van der Waals surface area contributed by atoms with Gasteiger partial charge in [-0.3, -0.25) is 4.55 Å². The third-order valence-corrected chi connectivity index (χ3v) is 4.71. The van der Waals surface area contributed by atoms with Crippen molar-refractivity contribution in [3.05, 3.63) is 0 Å².